The van der Waals surface area contributed by atoms with Crippen molar-refractivity contribution in [1.82, 2.24) is 5.32 Å². The van der Waals surface area contributed by atoms with Gasteiger partial charge in [-0.2, -0.15) is 0 Å². The van der Waals surface area contributed by atoms with E-state index in [1.165, 1.54) is 44.1 Å². The van der Waals surface area contributed by atoms with Gasteiger partial charge >= 0.3 is 0 Å². The first-order valence-corrected chi connectivity index (χ1v) is 8.38. The van der Waals surface area contributed by atoms with Crippen LogP contribution < -0.4 is 10.1 Å². The molecule has 21 heavy (non-hydrogen) atoms. The summed E-state index contributed by atoms with van der Waals surface area (Å²) in [6.45, 7) is 7.47. The normalized spacial score (nSPS) is 22.0. The van der Waals surface area contributed by atoms with Crippen molar-refractivity contribution >= 4 is 0 Å². The minimum absolute atomic E-state index is 0.569. The molecule has 0 saturated heterocycles. The third-order valence-corrected chi connectivity index (χ3v) is 4.45. The molecule has 0 aromatic heterocycles. The van der Waals surface area contributed by atoms with Gasteiger partial charge in [0.25, 0.3) is 0 Å². The van der Waals surface area contributed by atoms with Gasteiger partial charge in [-0.3, -0.25) is 0 Å². The Balaban J connectivity index is 1.79. The van der Waals surface area contributed by atoms with Crippen LogP contribution >= 0.6 is 0 Å². The molecule has 0 radical (unpaired) electrons. The highest BCUT2D eigenvalue weighted by atomic mass is 16.5. The molecule has 2 rings (SSSR count). The Hall–Kier alpha value is -1.28. The first kappa shape index (κ1) is 16.1. The standard InChI is InChI=1S/C19H29NO/c1-3-7-16-10-12-18(13-11-16)20-15-17-8-5-6-9-19(17)21-14-4-2/h4-6,8-9,16,18,20H,2-3,7,10-15H2,1H3. The number of rotatable bonds is 8. The first-order chi connectivity index (χ1) is 10.3. The van der Waals surface area contributed by atoms with Crippen LogP contribution in [-0.4, -0.2) is 12.6 Å². The Kier molecular flexibility index (Phi) is 6.81. The van der Waals surface area contributed by atoms with E-state index in [0.717, 1.165) is 18.2 Å². The molecule has 2 nitrogen and oxygen atoms in total. The number of ether oxygens (including phenoxy) is 1. The zero-order chi connectivity index (χ0) is 14.9. The van der Waals surface area contributed by atoms with Crippen molar-refractivity contribution < 1.29 is 4.74 Å². The molecule has 1 N–H and O–H groups in total. The Morgan fingerprint density at radius 2 is 2.00 bits per heavy atom. The molecule has 1 saturated carbocycles. The number of para-hydroxylation sites is 1. The van der Waals surface area contributed by atoms with Gasteiger partial charge < -0.3 is 10.1 Å². The molecule has 0 amide bonds. The van der Waals surface area contributed by atoms with E-state index < -0.39 is 0 Å². The monoisotopic (exact) mass is 287 g/mol. The fourth-order valence-electron chi connectivity index (χ4n) is 3.26. The third kappa shape index (κ3) is 5.20. The summed E-state index contributed by atoms with van der Waals surface area (Å²) in [6, 6.07) is 8.96. The lowest BCUT2D eigenvalue weighted by atomic mass is 9.83. The molecule has 0 aliphatic heterocycles. The maximum atomic E-state index is 5.72. The molecule has 0 atom stereocenters. The molecule has 1 fully saturated rings. The topological polar surface area (TPSA) is 21.3 Å². The number of benzene rings is 1. The van der Waals surface area contributed by atoms with Gasteiger partial charge in [-0.25, -0.2) is 0 Å². The highest BCUT2D eigenvalue weighted by Crippen LogP contribution is 2.28. The van der Waals surface area contributed by atoms with E-state index in [9.17, 15) is 0 Å². The number of hydrogen-bond acceptors (Lipinski definition) is 2. The molecule has 1 aliphatic carbocycles. The van der Waals surface area contributed by atoms with Gasteiger partial charge in [0.15, 0.2) is 0 Å². The van der Waals surface area contributed by atoms with Crippen molar-refractivity contribution in [2.45, 2.75) is 58.0 Å². The predicted molar refractivity (Wildman–Crippen MR) is 89.6 cm³/mol. The second kappa shape index (κ2) is 8.89. The highest BCUT2D eigenvalue weighted by molar-refractivity contribution is 5.33. The highest BCUT2D eigenvalue weighted by Gasteiger charge is 2.20. The van der Waals surface area contributed by atoms with Crippen molar-refractivity contribution in [3.8, 4) is 5.75 Å². The van der Waals surface area contributed by atoms with Gasteiger partial charge in [0.05, 0.1) is 0 Å². The van der Waals surface area contributed by atoms with Gasteiger partial charge in [0.2, 0.25) is 0 Å². The first-order valence-electron chi connectivity index (χ1n) is 8.38. The molecule has 0 heterocycles. The van der Waals surface area contributed by atoms with E-state index in [2.05, 4.69) is 31.0 Å². The van der Waals surface area contributed by atoms with E-state index in [1.807, 2.05) is 12.1 Å². The van der Waals surface area contributed by atoms with E-state index in [-0.39, 0.29) is 0 Å². The summed E-state index contributed by atoms with van der Waals surface area (Å²) in [5, 5.41) is 3.71. The van der Waals surface area contributed by atoms with Crippen LogP contribution in [0.1, 0.15) is 51.0 Å². The zero-order valence-corrected chi connectivity index (χ0v) is 13.3. The summed E-state index contributed by atoms with van der Waals surface area (Å²) in [5.41, 5.74) is 1.25. The fraction of sp³-hybridized carbons (Fsp3) is 0.579. The summed E-state index contributed by atoms with van der Waals surface area (Å²) in [5.74, 6) is 1.95. The number of nitrogens with one attached hydrogen (secondary N) is 1. The van der Waals surface area contributed by atoms with Gasteiger partial charge in [0.1, 0.15) is 12.4 Å². The van der Waals surface area contributed by atoms with Crippen LogP contribution in [0, 0.1) is 5.92 Å². The van der Waals surface area contributed by atoms with Crippen molar-refractivity contribution in [2.75, 3.05) is 6.61 Å². The summed E-state index contributed by atoms with van der Waals surface area (Å²) in [4.78, 5) is 0. The summed E-state index contributed by atoms with van der Waals surface area (Å²) in [7, 11) is 0. The lowest BCUT2D eigenvalue weighted by Gasteiger charge is -2.29. The molecule has 2 heteroatoms. The largest absolute Gasteiger partial charge is 0.489 e. The van der Waals surface area contributed by atoms with Crippen LogP contribution in [0.15, 0.2) is 36.9 Å². The minimum atomic E-state index is 0.569. The van der Waals surface area contributed by atoms with E-state index >= 15 is 0 Å². The predicted octanol–water partition coefficient (Wildman–Crippen LogP) is 4.70. The smallest absolute Gasteiger partial charge is 0.124 e. The second-order valence-corrected chi connectivity index (χ2v) is 6.09. The van der Waals surface area contributed by atoms with Crippen molar-refractivity contribution in [3.63, 3.8) is 0 Å². The molecule has 116 valence electrons. The summed E-state index contributed by atoms with van der Waals surface area (Å²) < 4.78 is 5.72. The van der Waals surface area contributed by atoms with Crippen LogP contribution in [0.3, 0.4) is 0 Å². The molecule has 1 aromatic rings. The lowest BCUT2D eigenvalue weighted by molar-refractivity contribution is 0.276. The Morgan fingerprint density at radius 1 is 1.24 bits per heavy atom. The zero-order valence-electron chi connectivity index (χ0n) is 13.3. The molecule has 0 bridgehead atoms. The Bertz CT molecular complexity index is 421. The molecule has 0 unspecified atom stereocenters. The summed E-state index contributed by atoms with van der Waals surface area (Å²) >= 11 is 0. The van der Waals surface area contributed by atoms with E-state index in [1.54, 1.807) is 6.08 Å². The van der Waals surface area contributed by atoms with Gasteiger partial charge in [-0.15, -0.1) is 0 Å². The summed E-state index contributed by atoms with van der Waals surface area (Å²) in [6.07, 6.45) is 9.95. The molecular weight excluding hydrogens is 258 g/mol. The molecule has 1 aliphatic rings. The van der Waals surface area contributed by atoms with Crippen LogP contribution in [-0.2, 0) is 6.54 Å². The van der Waals surface area contributed by atoms with Crippen LogP contribution in [0.2, 0.25) is 0 Å². The van der Waals surface area contributed by atoms with Crippen LogP contribution in [0.5, 0.6) is 5.75 Å². The lowest BCUT2D eigenvalue weighted by Crippen LogP contribution is -2.32. The second-order valence-electron chi connectivity index (χ2n) is 6.09. The van der Waals surface area contributed by atoms with Crippen molar-refractivity contribution in [1.29, 1.82) is 0 Å². The third-order valence-electron chi connectivity index (χ3n) is 4.45. The SMILES string of the molecule is C=CCOc1ccccc1CNC1CCC(CCC)CC1. The fourth-order valence-corrected chi connectivity index (χ4v) is 3.26. The molecular formula is C19H29NO. The van der Waals surface area contributed by atoms with E-state index in [4.69, 9.17) is 4.74 Å². The average Bonchev–Trinajstić information content (AvgIpc) is 2.53. The van der Waals surface area contributed by atoms with Crippen molar-refractivity contribution in [2.24, 2.45) is 5.92 Å². The maximum absolute atomic E-state index is 5.72. The van der Waals surface area contributed by atoms with Gasteiger partial charge in [0, 0.05) is 18.2 Å². The maximum Gasteiger partial charge on any atom is 0.124 e. The van der Waals surface area contributed by atoms with E-state index in [0.29, 0.717) is 12.6 Å². The Labute approximate surface area is 129 Å². The van der Waals surface area contributed by atoms with Gasteiger partial charge in [-0.1, -0.05) is 50.6 Å². The van der Waals surface area contributed by atoms with Crippen molar-refractivity contribution in [3.05, 3.63) is 42.5 Å². The molecule has 1 aromatic carbocycles. The number of hydrogen-bond donors (Lipinski definition) is 1. The van der Waals surface area contributed by atoms with Crippen LogP contribution in [0.25, 0.3) is 0 Å². The Morgan fingerprint density at radius 3 is 2.71 bits per heavy atom. The quantitative estimate of drug-likeness (QED) is 0.700. The average molecular weight is 287 g/mol. The minimum Gasteiger partial charge on any atom is -0.489 e. The molecule has 0 spiro atoms. The van der Waals surface area contributed by atoms with Crippen LogP contribution in [0.4, 0.5) is 0 Å². The van der Waals surface area contributed by atoms with Gasteiger partial charge in [-0.05, 0) is 37.7 Å².